The highest BCUT2D eigenvalue weighted by molar-refractivity contribution is 5.66. The molecule has 4 nitrogen and oxygen atoms in total. The number of hydrogen-bond donors (Lipinski definition) is 1. The number of fused-ring (bicyclic) bond motifs is 1. The number of ether oxygens (including phenoxy) is 1. The number of rotatable bonds is 4. The highest BCUT2D eigenvalue weighted by Crippen LogP contribution is 2.35. The van der Waals surface area contributed by atoms with Crippen LogP contribution in [-0.4, -0.2) is 32.4 Å². The second kappa shape index (κ2) is 6.28. The standard InChI is InChI=1S/C18H22N2O2/c1-19(2)16-7-8-17-18(11-16)22-10-9-20(17)12-14-3-5-15(13-21)6-4-14/h3-8,11,21H,9-10,12-13H2,1-2H3. The summed E-state index contributed by atoms with van der Waals surface area (Å²) in [6.07, 6.45) is 0. The maximum Gasteiger partial charge on any atom is 0.144 e. The fraction of sp³-hybridized carbons (Fsp3) is 0.333. The maximum atomic E-state index is 9.12. The van der Waals surface area contributed by atoms with E-state index < -0.39 is 0 Å². The van der Waals surface area contributed by atoms with Crippen molar-refractivity contribution in [2.24, 2.45) is 0 Å². The minimum Gasteiger partial charge on any atom is -0.489 e. The van der Waals surface area contributed by atoms with Gasteiger partial charge in [0.05, 0.1) is 18.8 Å². The summed E-state index contributed by atoms with van der Waals surface area (Å²) in [6.45, 7) is 2.53. The van der Waals surface area contributed by atoms with E-state index in [9.17, 15) is 0 Å². The Hall–Kier alpha value is -2.20. The summed E-state index contributed by atoms with van der Waals surface area (Å²) in [7, 11) is 4.07. The smallest absolute Gasteiger partial charge is 0.144 e. The van der Waals surface area contributed by atoms with E-state index in [0.717, 1.165) is 35.8 Å². The van der Waals surface area contributed by atoms with Crippen LogP contribution in [0.1, 0.15) is 11.1 Å². The molecule has 22 heavy (non-hydrogen) atoms. The van der Waals surface area contributed by atoms with Crippen molar-refractivity contribution in [1.82, 2.24) is 0 Å². The minimum atomic E-state index is 0.0913. The zero-order valence-electron chi connectivity index (χ0n) is 13.1. The highest BCUT2D eigenvalue weighted by atomic mass is 16.5. The average Bonchev–Trinajstić information content (AvgIpc) is 2.55. The van der Waals surface area contributed by atoms with E-state index in [1.165, 1.54) is 5.56 Å². The van der Waals surface area contributed by atoms with Crippen LogP contribution in [0.3, 0.4) is 0 Å². The molecule has 1 aliphatic heterocycles. The van der Waals surface area contributed by atoms with E-state index in [1.54, 1.807) is 0 Å². The Labute approximate surface area is 131 Å². The Balaban J connectivity index is 1.81. The van der Waals surface area contributed by atoms with Crippen molar-refractivity contribution in [2.45, 2.75) is 13.2 Å². The molecule has 0 amide bonds. The predicted molar refractivity (Wildman–Crippen MR) is 89.7 cm³/mol. The van der Waals surface area contributed by atoms with Crippen molar-refractivity contribution in [1.29, 1.82) is 0 Å². The lowest BCUT2D eigenvalue weighted by Crippen LogP contribution is -2.32. The highest BCUT2D eigenvalue weighted by Gasteiger charge is 2.18. The molecular formula is C18H22N2O2. The maximum absolute atomic E-state index is 9.12. The van der Waals surface area contributed by atoms with Gasteiger partial charge in [-0.2, -0.15) is 0 Å². The summed E-state index contributed by atoms with van der Waals surface area (Å²) in [6, 6.07) is 14.5. The first-order valence-electron chi connectivity index (χ1n) is 7.55. The molecule has 2 aromatic carbocycles. The van der Waals surface area contributed by atoms with Crippen molar-refractivity contribution >= 4 is 11.4 Å². The molecule has 0 aliphatic carbocycles. The predicted octanol–water partition coefficient (Wildman–Crippen LogP) is 2.64. The number of nitrogens with zero attached hydrogens (tertiary/aromatic N) is 2. The van der Waals surface area contributed by atoms with Gasteiger partial charge in [-0.25, -0.2) is 0 Å². The molecule has 0 aromatic heterocycles. The lowest BCUT2D eigenvalue weighted by molar-refractivity contribution is 0.282. The van der Waals surface area contributed by atoms with Crippen LogP contribution in [0.2, 0.25) is 0 Å². The second-order valence-corrected chi connectivity index (χ2v) is 5.79. The van der Waals surface area contributed by atoms with Gasteiger partial charge in [-0.15, -0.1) is 0 Å². The van der Waals surface area contributed by atoms with Crippen LogP contribution in [0.4, 0.5) is 11.4 Å². The molecule has 0 atom stereocenters. The van der Waals surface area contributed by atoms with Gasteiger partial charge in [-0.05, 0) is 23.3 Å². The molecule has 4 heteroatoms. The van der Waals surface area contributed by atoms with Crippen LogP contribution in [0.15, 0.2) is 42.5 Å². The zero-order valence-corrected chi connectivity index (χ0v) is 13.1. The van der Waals surface area contributed by atoms with Gasteiger partial charge in [0.15, 0.2) is 0 Å². The Morgan fingerprint density at radius 3 is 2.50 bits per heavy atom. The molecule has 0 unspecified atom stereocenters. The lowest BCUT2D eigenvalue weighted by atomic mass is 10.1. The number of aliphatic hydroxyl groups excluding tert-OH is 1. The number of anilines is 2. The molecule has 2 aromatic rings. The number of aliphatic hydroxyl groups is 1. The minimum absolute atomic E-state index is 0.0913. The Kier molecular flexibility index (Phi) is 4.20. The van der Waals surface area contributed by atoms with Gasteiger partial charge in [0.2, 0.25) is 0 Å². The monoisotopic (exact) mass is 298 g/mol. The summed E-state index contributed by atoms with van der Waals surface area (Å²) in [5, 5.41) is 9.12. The van der Waals surface area contributed by atoms with Gasteiger partial charge >= 0.3 is 0 Å². The summed E-state index contributed by atoms with van der Waals surface area (Å²) >= 11 is 0. The topological polar surface area (TPSA) is 35.9 Å². The molecule has 116 valence electrons. The lowest BCUT2D eigenvalue weighted by Gasteiger charge is -2.32. The molecule has 0 bridgehead atoms. The number of hydrogen-bond acceptors (Lipinski definition) is 4. The van der Waals surface area contributed by atoms with Gasteiger partial charge in [-0.1, -0.05) is 24.3 Å². The SMILES string of the molecule is CN(C)c1ccc2c(c1)OCCN2Cc1ccc(CO)cc1. The molecule has 0 saturated carbocycles. The Morgan fingerprint density at radius 1 is 1.09 bits per heavy atom. The first-order chi connectivity index (χ1) is 10.7. The van der Waals surface area contributed by atoms with Crippen molar-refractivity contribution in [2.75, 3.05) is 37.0 Å². The van der Waals surface area contributed by atoms with Crippen LogP contribution in [-0.2, 0) is 13.2 Å². The van der Waals surface area contributed by atoms with E-state index in [-0.39, 0.29) is 6.61 Å². The van der Waals surface area contributed by atoms with Crippen LogP contribution in [0, 0.1) is 0 Å². The summed E-state index contributed by atoms with van der Waals surface area (Å²) in [5.41, 5.74) is 4.47. The molecule has 1 N–H and O–H groups in total. The third kappa shape index (κ3) is 3.02. The molecule has 0 spiro atoms. The van der Waals surface area contributed by atoms with Gasteiger partial charge in [0.1, 0.15) is 12.4 Å². The Morgan fingerprint density at radius 2 is 1.82 bits per heavy atom. The molecular weight excluding hydrogens is 276 g/mol. The van der Waals surface area contributed by atoms with E-state index in [4.69, 9.17) is 9.84 Å². The van der Waals surface area contributed by atoms with Gasteiger partial charge in [-0.3, -0.25) is 0 Å². The first kappa shape index (κ1) is 14.7. The molecule has 3 rings (SSSR count). The third-order valence-corrected chi connectivity index (χ3v) is 4.00. The fourth-order valence-corrected chi connectivity index (χ4v) is 2.68. The largest absolute Gasteiger partial charge is 0.489 e. The summed E-state index contributed by atoms with van der Waals surface area (Å²) in [4.78, 5) is 4.42. The Bertz CT molecular complexity index is 638. The van der Waals surface area contributed by atoms with Crippen molar-refractivity contribution < 1.29 is 9.84 Å². The van der Waals surface area contributed by atoms with Crippen molar-refractivity contribution in [3.63, 3.8) is 0 Å². The molecule has 0 saturated heterocycles. The molecule has 0 radical (unpaired) electrons. The van der Waals surface area contributed by atoms with E-state index in [2.05, 4.69) is 40.1 Å². The average molecular weight is 298 g/mol. The van der Waals surface area contributed by atoms with Crippen molar-refractivity contribution in [3.8, 4) is 5.75 Å². The quantitative estimate of drug-likeness (QED) is 0.941. The van der Waals surface area contributed by atoms with Crippen LogP contribution in [0.25, 0.3) is 0 Å². The fourth-order valence-electron chi connectivity index (χ4n) is 2.68. The molecule has 1 aliphatic rings. The van der Waals surface area contributed by atoms with Crippen LogP contribution < -0.4 is 14.5 Å². The first-order valence-corrected chi connectivity index (χ1v) is 7.55. The van der Waals surface area contributed by atoms with Gasteiger partial charge in [0.25, 0.3) is 0 Å². The van der Waals surface area contributed by atoms with Crippen molar-refractivity contribution in [3.05, 3.63) is 53.6 Å². The summed E-state index contributed by atoms with van der Waals surface area (Å²) in [5.74, 6) is 0.949. The molecule has 1 heterocycles. The van der Waals surface area contributed by atoms with E-state index >= 15 is 0 Å². The third-order valence-electron chi connectivity index (χ3n) is 4.00. The normalized spacial score (nSPS) is 13.5. The van der Waals surface area contributed by atoms with Crippen LogP contribution in [0.5, 0.6) is 5.75 Å². The van der Waals surface area contributed by atoms with Gasteiger partial charge < -0.3 is 19.6 Å². The van der Waals surface area contributed by atoms with E-state index in [1.807, 2.05) is 26.2 Å². The number of benzene rings is 2. The summed E-state index contributed by atoms with van der Waals surface area (Å²) < 4.78 is 5.82. The van der Waals surface area contributed by atoms with Crippen LogP contribution >= 0.6 is 0 Å². The van der Waals surface area contributed by atoms with E-state index in [0.29, 0.717) is 6.61 Å². The zero-order chi connectivity index (χ0) is 15.5. The molecule has 0 fully saturated rings. The van der Waals surface area contributed by atoms with Gasteiger partial charge in [0, 0.05) is 32.4 Å². The second-order valence-electron chi connectivity index (χ2n) is 5.79.